The van der Waals surface area contributed by atoms with Gasteiger partial charge in [0.15, 0.2) is 0 Å². The van der Waals surface area contributed by atoms with Crippen molar-refractivity contribution in [2.45, 2.75) is 17.2 Å². The molecule has 2 N–H and O–H groups in total. The van der Waals surface area contributed by atoms with Crippen LogP contribution in [0.15, 0.2) is 64.1 Å². The minimum absolute atomic E-state index is 0.279. The third-order valence-electron chi connectivity index (χ3n) is 3.81. The topological polar surface area (TPSA) is 200 Å². The Kier molecular flexibility index (Phi) is 6.87. The van der Waals surface area contributed by atoms with Gasteiger partial charge in [0.1, 0.15) is 0 Å². The van der Waals surface area contributed by atoms with Crippen molar-refractivity contribution in [1.82, 2.24) is 5.32 Å². The monoisotopic (exact) mass is 476 g/mol. The number of nitrogens with zero attached hydrogens (tertiary/aromatic N) is 5. The summed E-state index contributed by atoms with van der Waals surface area (Å²) in [5, 5.41) is 48.7. The summed E-state index contributed by atoms with van der Waals surface area (Å²) in [4.78, 5) is 22.0. The average molecular weight is 476 g/mol. The Labute approximate surface area is 171 Å². The summed E-state index contributed by atoms with van der Waals surface area (Å²) in [5.74, 6) is -0.842. The Morgan fingerprint density at radius 2 is 2.07 bits per heavy atom. The van der Waals surface area contributed by atoms with Crippen LogP contribution < -0.4 is 5.32 Å². The number of allylic oxidation sites excluding steroid dienone is 1. The molecule has 3 atom stereocenters. The molecule has 30 heavy (non-hydrogen) atoms. The van der Waals surface area contributed by atoms with E-state index in [0.29, 0.717) is 6.08 Å². The number of hydrogen-bond acceptors (Lipinski definition) is 11. The minimum atomic E-state index is -5.73. The molecule has 2 rings (SSSR count). The predicted molar refractivity (Wildman–Crippen MR) is 96.9 cm³/mol. The second kappa shape index (κ2) is 9.15. The first-order valence-electron chi connectivity index (χ1n) is 7.98. The number of amides is 1. The van der Waals surface area contributed by atoms with E-state index in [1.54, 1.807) is 30.3 Å². The summed E-state index contributed by atoms with van der Waals surface area (Å²) in [7, 11) is 0. The van der Waals surface area contributed by atoms with Crippen LogP contribution >= 0.6 is 0 Å². The van der Waals surface area contributed by atoms with Crippen LogP contribution in [0.25, 0.3) is 0 Å². The van der Waals surface area contributed by atoms with E-state index in [1.165, 1.54) is 12.1 Å². The van der Waals surface area contributed by atoms with E-state index in [1.807, 2.05) is 0 Å². The molecule has 0 saturated heterocycles. The van der Waals surface area contributed by atoms with Gasteiger partial charge >= 0.3 is 172 Å². The fourth-order valence-electron chi connectivity index (χ4n) is 2.69. The molecule has 0 fully saturated rings. The third-order valence-corrected chi connectivity index (χ3v) is 7.68. The van der Waals surface area contributed by atoms with Gasteiger partial charge in [0.25, 0.3) is 0 Å². The second-order valence-corrected chi connectivity index (χ2v) is 9.86. The molecule has 0 bridgehead atoms. The quantitative estimate of drug-likeness (QED) is 0.194. The third kappa shape index (κ3) is 4.61. The van der Waals surface area contributed by atoms with Crippen LogP contribution in [0.5, 0.6) is 0 Å². The van der Waals surface area contributed by atoms with E-state index < -0.39 is 46.5 Å². The molecular weight excluding hydrogens is 463 g/mol. The number of nitrogens with one attached hydrogen (secondary N) is 1. The summed E-state index contributed by atoms with van der Waals surface area (Å²) in [6, 6.07) is 11.1. The molecule has 1 aromatic carbocycles. The zero-order chi connectivity index (χ0) is 22.4. The normalized spacial score (nSPS) is 22.6. The predicted octanol–water partition coefficient (Wildman–Crippen LogP) is 1.95. The molecule has 0 radical (unpaired) electrons. The first kappa shape index (κ1) is 22.5. The molecule has 154 valence electrons. The molecule has 3 unspecified atom stereocenters. The van der Waals surface area contributed by atoms with E-state index in [0.717, 1.165) is 13.0 Å². The number of nitro groups is 1. The van der Waals surface area contributed by atoms with Crippen molar-refractivity contribution >= 4 is 25.8 Å². The SMILES string of the molecule is CC(=O)NC1(C#N)C=C([N+](=O)[O-])C=C(C#N)C1[As](=O)(OO)ON=Nc1ccccc1. The van der Waals surface area contributed by atoms with E-state index in [4.69, 9.17) is 3.83 Å². The van der Waals surface area contributed by atoms with Crippen LogP contribution in [0.4, 0.5) is 5.69 Å². The van der Waals surface area contributed by atoms with E-state index in [-0.39, 0.29) is 5.69 Å². The Bertz CT molecular complexity index is 1070. The van der Waals surface area contributed by atoms with Crippen molar-refractivity contribution in [2.75, 3.05) is 0 Å². The van der Waals surface area contributed by atoms with Crippen molar-refractivity contribution in [2.24, 2.45) is 10.4 Å². The summed E-state index contributed by atoms with van der Waals surface area (Å²) < 4.78 is 20.1. The Balaban J connectivity index is 2.58. The van der Waals surface area contributed by atoms with Crippen LogP contribution in [0.2, 0.25) is 4.71 Å². The van der Waals surface area contributed by atoms with Crippen LogP contribution in [0, 0.1) is 32.8 Å². The van der Waals surface area contributed by atoms with Gasteiger partial charge in [0, 0.05) is 0 Å². The fourth-order valence-corrected chi connectivity index (χ4v) is 5.89. The number of benzene rings is 1. The van der Waals surface area contributed by atoms with Crippen LogP contribution in [-0.2, 0) is 16.2 Å². The first-order chi connectivity index (χ1) is 14.2. The number of nitriles is 2. The maximum absolute atomic E-state index is 13.2. The van der Waals surface area contributed by atoms with Gasteiger partial charge in [-0.3, -0.25) is 0 Å². The molecule has 1 aliphatic rings. The zero-order valence-electron chi connectivity index (χ0n) is 15.2. The molecule has 0 spiro atoms. The molecule has 1 aromatic rings. The van der Waals surface area contributed by atoms with Crippen LogP contribution in [0.1, 0.15) is 6.92 Å². The number of rotatable bonds is 7. The first-order valence-corrected chi connectivity index (χ1v) is 11.4. The summed E-state index contributed by atoms with van der Waals surface area (Å²) in [5.41, 5.74) is -3.45. The summed E-state index contributed by atoms with van der Waals surface area (Å²) in [6.45, 7) is 0.994. The molecule has 0 aliphatic heterocycles. The number of carbonyl (C=O) groups excluding carboxylic acids is 1. The number of carbonyl (C=O) groups is 1. The molecule has 0 saturated carbocycles. The molecule has 1 amide bonds. The molecule has 1 aliphatic carbocycles. The average Bonchev–Trinajstić information content (AvgIpc) is 2.73. The zero-order valence-corrected chi connectivity index (χ0v) is 17.1. The molecule has 0 heterocycles. The van der Waals surface area contributed by atoms with Crippen molar-refractivity contribution < 1.29 is 26.4 Å². The van der Waals surface area contributed by atoms with Crippen molar-refractivity contribution in [3.05, 3.63) is 63.9 Å². The van der Waals surface area contributed by atoms with E-state index in [9.17, 15) is 34.4 Å². The van der Waals surface area contributed by atoms with Crippen molar-refractivity contribution in [1.29, 1.82) is 10.5 Å². The van der Waals surface area contributed by atoms with Gasteiger partial charge in [-0.2, -0.15) is 0 Å². The van der Waals surface area contributed by atoms with E-state index >= 15 is 0 Å². The van der Waals surface area contributed by atoms with Gasteiger partial charge in [-0.1, -0.05) is 0 Å². The Hall–Kier alpha value is -3.77. The standard InChI is InChI=1S/C16H13AsN6O7/c1-11(24)20-16(10-19)8-14(23(26)27)7-12(9-18)15(16)17(25,30-28)29-22-21-13-5-3-2-4-6-13/h2-8,15,28H,1H3,(H,20,24). The van der Waals surface area contributed by atoms with Crippen LogP contribution in [-0.4, -0.2) is 35.8 Å². The van der Waals surface area contributed by atoms with Gasteiger partial charge in [0.05, 0.1) is 0 Å². The molecular formula is C16H13AsN6O7. The molecule has 0 aromatic heterocycles. The second-order valence-electron chi connectivity index (χ2n) is 5.82. The van der Waals surface area contributed by atoms with Gasteiger partial charge in [-0.05, 0) is 0 Å². The van der Waals surface area contributed by atoms with E-state index in [2.05, 4.69) is 19.6 Å². The molecule has 13 nitrogen and oxygen atoms in total. The van der Waals surface area contributed by atoms with Gasteiger partial charge in [-0.15, -0.1) is 0 Å². The van der Waals surface area contributed by atoms with Gasteiger partial charge < -0.3 is 0 Å². The van der Waals surface area contributed by atoms with Crippen molar-refractivity contribution in [3.63, 3.8) is 0 Å². The fraction of sp³-hybridized carbons (Fsp3) is 0.188. The van der Waals surface area contributed by atoms with Crippen LogP contribution in [0.3, 0.4) is 0 Å². The molecule has 14 heteroatoms. The summed E-state index contributed by atoms with van der Waals surface area (Å²) >= 11 is -5.73. The Morgan fingerprint density at radius 3 is 2.57 bits per heavy atom. The van der Waals surface area contributed by atoms with Crippen molar-refractivity contribution in [3.8, 4) is 12.1 Å². The van der Waals surface area contributed by atoms with Gasteiger partial charge in [-0.25, -0.2) is 0 Å². The maximum atomic E-state index is 13.2. The van der Waals surface area contributed by atoms with Gasteiger partial charge in [0.2, 0.25) is 0 Å². The Morgan fingerprint density at radius 1 is 1.40 bits per heavy atom. The number of hydrogen-bond donors (Lipinski definition) is 2. The summed E-state index contributed by atoms with van der Waals surface area (Å²) in [6.07, 6.45) is 1.41.